The maximum Gasteiger partial charge on any atom is 0.227 e. The highest BCUT2D eigenvalue weighted by atomic mass is 32.2. The molecule has 1 aliphatic rings. The molecule has 0 N–H and O–H groups in total. The number of hydrogen-bond donors (Lipinski definition) is 0. The molecule has 2 heterocycles. The van der Waals surface area contributed by atoms with Gasteiger partial charge in [0.05, 0.1) is 21.5 Å². The van der Waals surface area contributed by atoms with Crippen LogP contribution in [0.25, 0.3) is 10.2 Å². The van der Waals surface area contributed by atoms with Gasteiger partial charge in [-0.2, -0.15) is 0 Å². The Balaban J connectivity index is 1.39. The van der Waals surface area contributed by atoms with Crippen LogP contribution in [0.2, 0.25) is 0 Å². The van der Waals surface area contributed by atoms with Crippen LogP contribution in [0.1, 0.15) is 16.7 Å². The van der Waals surface area contributed by atoms with Crippen molar-refractivity contribution in [3.05, 3.63) is 53.1 Å². The van der Waals surface area contributed by atoms with Gasteiger partial charge in [-0.3, -0.25) is 4.79 Å². The fourth-order valence-corrected chi connectivity index (χ4v) is 5.47. The highest BCUT2D eigenvalue weighted by molar-refractivity contribution is 7.90. The van der Waals surface area contributed by atoms with Gasteiger partial charge in [0.15, 0.2) is 15.0 Å². The van der Waals surface area contributed by atoms with E-state index in [0.717, 1.165) is 29.3 Å². The predicted molar refractivity (Wildman–Crippen MR) is 121 cm³/mol. The van der Waals surface area contributed by atoms with Gasteiger partial charge in [0.2, 0.25) is 5.91 Å². The summed E-state index contributed by atoms with van der Waals surface area (Å²) in [6.45, 7) is 7.04. The Bertz CT molecular complexity index is 1150. The van der Waals surface area contributed by atoms with E-state index in [1.165, 1.54) is 22.1 Å². The Morgan fingerprint density at radius 1 is 1.00 bits per heavy atom. The van der Waals surface area contributed by atoms with Gasteiger partial charge in [-0.15, -0.1) is 0 Å². The first-order chi connectivity index (χ1) is 14.2. The van der Waals surface area contributed by atoms with Crippen LogP contribution >= 0.6 is 11.3 Å². The molecule has 0 unspecified atom stereocenters. The molecular formula is C22H25N3O3S2. The van der Waals surface area contributed by atoms with Crippen LogP contribution in [0.15, 0.2) is 41.3 Å². The van der Waals surface area contributed by atoms with Crippen molar-refractivity contribution in [2.24, 2.45) is 0 Å². The summed E-state index contributed by atoms with van der Waals surface area (Å²) in [4.78, 5) is 22.0. The normalized spacial score (nSPS) is 15.0. The standard InChI is InChI=1S/C22H25N3O3S2/c1-15-4-5-16(2)21-20(15)23-22(29-21)25-12-10-24(11-13-25)19(26)14-17-6-8-18(9-7-17)30(3,27)28/h4-9H,10-14H2,1-3H3. The van der Waals surface area contributed by atoms with Crippen LogP contribution in [0.4, 0.5) is 5.13 Å². The fraction of sp³-hybridized carbons (Fsp3) is 0.364. The van der Waals surface area contributed by atoms with Crippen molar-refractivity contribution in [1.29, 1.82) is 0 Å². The Morgan fingerprint density at radius 3 is 2.23 bits per heavy atom. The van der Waals surface area contributed by atoms with Crippen molar-refractivity contribution in [2.75, 3.05) is 37.3 Å². The molecule has 1 aromatic heterocycles. The summed E-state index contributed by atoms with van der Waals surface area (Å²) in [7, 11) is -3.22. The number of sulfone groups is 1. The van der Waals surface area contributed by atoms with Gasteiger partial charge in [-0.05, 0) is 42.7 Å². The van der Waals surface area contributed by atoms with E-state index >= 15 is 0 Å². The Kier molecular flexibility index (Phi) is 5.55. The molecule has 2 aromatic carbocycles. The van der Waals surface area contributed by atoms with E-state index in [2.05, 4.69) is 30.9 Å². The number of hydrogen-bond acceptors (Lipinski definition) is 6. The van der Waals surface area contributed by atoms with Gasteiger partial charge in [0.25, 0.3) is 0 Å². The number of nitrogens with zero attached hydrogens (tertiary/aromatic N) is 3. The molecular weight excluding hydrogens is 418 g/mol. The van der Waals surface area contributed by atoms with Gasteiger partial charge in [-0.1, -0.05) is 35.6 Å². The summed E-state index contributed by atoms with van der Waals surface area (Å²) in [6.07, 6.45) is 1.46. The molecule has 6 nitrogen and oxygen atoms in total. The van der Waals surface area contributed by atoms with Crippen LogP contribution in [-0.4, -0.2) is 56.6 Å². The minimum absolute atomic E-state index is 0.0674. The number of anilines is 1. The zero-order chi connectivity index (χ0) is 21.5. The molecule has 0 bridgehead atoms. The number of benzene rings is 2. The summed E-state index contributed by atoms with van der Waals surface area (Å²) in [5, 5.41) is 1.02. The molecule has 1 fully saturated rings. The molecule has 1 amide bonds. The quantitative estimate of drug-likeness (QED) is 0.619. The molecule has 8 heteroatoms. The van der Waals surface area contributed by atoms with Gasteiger partial charge in [0.1, 0.15) is 0 Å². The molecule has 0 radical (unpaired) electrons. The minimum Gasteiger partial charge on any atom is -0.345 e. The summed E-state index contributed by atoms with van der Waals surface area (Å²) in [5.74, 6) is 0.0674. The molecule has 0 atom stereocenters. The Labute approximate surface area is 181 Å². The number of carbonyl (C=O) groups is 1. The summed E-state index contributed by atoms with van der Waals surface area (Å²) in [6, 6.07) is 10.8. The highest BCUT2D eigenvalue weighted by Gasteiger charge is 2.23. The number of piperazine rings is 1. The van der Waals surface area contributed by atoms with Crippen LogP contribution in [0.5, 0.6) is 0 Å². The summed E-state index contributed by atoms with van der Waals surface area (Å²) >= 11 is 1.72. The van der Waals surface area contributed by atoms with E-state index in [4.69, 9.17) is 4.98 Å². The van der Waals surface area contributed by atoms with E-state index in [-0.39, 0.29) is 17.2 Å². The zero-order valence-corrected chi connectivity index (χ0v) is 19.0. The van der Waals surface area contributed by atoms with Crippen molar-refractivity contribution >= 4 is 42.4 Å². The van der Waals surface area contributed by atoms with Crippen LogP contribution < -0.4 is 4.90 Å². The van der Waals surface area contributed by atoms with E-state index < -0.39 is 9.84 Å². The lowest BCUT2D eigenvalue weighted by atomic mass is 10.1. The first-order valence-corrected chi connectivity index (χ1v) is 12.6. The van der Waals surface area contributed by atoms with Gasteiger partial charge in [0, 0.05) is 32.4 Å². The van der Waals surface area contributed by atoms with Crippen molar-refractivity contribution in [3.63, 3.8) is 0 Å². The first kappa shape index (κ1) is 20.8. The topological polar surface area (TPSA) is 70.6 Å². The lowest BCUT2D eigenvalue weighted by molar-refractivity contribution is -0.130. The largest absolute Gasteiger partial charge is 0.345 e. The number of thiazole rings is 1. The second-order valence-electron chi connectivity index (χ2n) is 7.83. The lowest BCUT2D eigenvalue weighted by Gasteiger charge is -2.34. The molecule has 30 heavy (non-hydrogen) atoms. The molecule has 0 aliphatic carbocycles. The maximum absolute atomic E-state index is 12.7. The third-order valence-corrected chi connectivity index (χ3v) is 7.92. The third kappa shape index (κ3) is 4.20. The molecule has 1 aliphatic heterocycles. The lowest BCUT2D eigenvalue weighted by Crippen LogP contribution is -2.49. The number of amides is 1. The van der Waals surface area contributed by atoms with E-state index in [1.807, 2.05) is 4.90 Å². The van der Waals surface area contributed by atoms with Crippen molar-refractivity contribution < 1.29 is 13.2 Å². The van der Waals surface area contributed by atoms with Crippen molar-refractivity contribution in [1.82, 2.24) is 9.88 Å². The summed E-state index contributed by atoms with van der Waals surface area (Å²) < 4.78 is 24.4. The monoisotopic (exact) mass is 443 g/mol. The minimum atomic E-state index is -3.22. The van der Waals surface area contributed by atoms with Crippen LogP contribution in [0, 0.1) is 13.8 Å². The van der Waals surface area contributed by atoms with Crippen LogP contribution in [-0.2, 0) is 21.1 Å². The number of fused-ring (bicyclic) bond motifs is 1. The first-order valence-electron chi connectivity index (χ1n) is 9.91. The maximum atomic E-state index is 12.7. The second-order valence-corrected chi connectivity index (χ2v) is 10.8. The van der Waals surface area contributed by atoms with E-state index in [0.29, 0.717) is 13.1 Å². The van der Waals surface area contributed by atoms with Crippen molar-refractivity contribution in [2.45, 2.75) is 25.2 Å². The van der Waals surface area contributed by atoms with E-state index in [9.17, 15) is 13.2 Å². The third-order valence-electron chi connectivity index (χ3n) is 5.54. The SMILES string of the molecule is Cc1ccc(C)c2sc(N3CCN(C(=O)Cc4ccc(S(C)(=O)=O)cc4)CC3)nc12. The van der Waals surface area contributed by atoms with Crippen molar-refractivity contribution in [3.8, 4) is 0 Å². The van der Waals surface area contributed by atoms with E-state index in [1.54, 1.807) is 35.6 Å². The fourth-order valence-electron chi connectivity index (χ4n) is 3.67. The smallest absolute Gasteiger partial charge is 0.227 e. The molecule has 158 valence electrons. The zero-order valence-electron chi connectivity index (χ0n) is 17.4. The average molecular weight is 444 g/mol. The molecule has 0 saturated carbocycles. The number of aromatic nitrogens is 1. The molecule has 1 saturated heterocycles. The highest BCUT2D eigenvalue weighted by Crippen LogP contribution is 2.33. The van der Waals surface area contributed by atoms with Gasteiger partial charge < -0.3 is 9.80 Å². The van der Waals surface area contributed by atoms with Gasteiger partial charge in [-0.25, -0.2) is 13.4 Å². The number of aryl methyl sites for hydroxylation is 2. The number of carbonyl (C=O) groups excluding carboxylic acids is 1. The summed E-state index contributed by atoms with van der Waals surface area (Å²) in [5.41, 5.74) is 4.34. The molecule has 0 spiro atoms. The van der Waals surface area contributed by atoms with Crippen LogP contribution in [0.3, 0.4) is 0 Å². The predicted octanol–water partition coefficient (Wildman–Crippen LogP) is 3.21. The second kappa shape index (κ2) is 8.00. The molecule has 3 aromatic rings. The Hall–Kier alpha value is -2.45. The molecule has 4 rings (SSSR count). The number of rotatable bonds is 4. The average Bonchev–Trinajstić information content (AvgIpc) is 3.17. The van der Waals surface area contributed by atoms with Gasteiger partial charge >= 0.3 is 0 Å². The Morgan fingerprint density at radius 2 is 1.63 bits per heavy atom.